The van der Waals surface area contributed by atoms with Gasteiger partial charge in [0.2, 0.25) is 5.78 Å². The van der Waals surface area contributed by atoms with Crippen molar-refractivity contribution >= 4 is 34.9 Å². The number of fused-ring (bicyclic) bond motifs is 3. The molecule has 0 aromatic heterocycles. The average molecular weight is 718 g/mol. The van der Waals surface area contributed by atoms with Gasteiger partial charge < -0.3 is 40.0 Å². The first-order valence-electron chi connectivity index (χ1n) is 15.8. The predicted octanol–water partition coefficient (Wildman–Crippen LogP) is 4.73. The van der Waals surface area contributed by atoms with Gasteiger partial charge in [0.15, 0.2) is 18.2 Å². The topological polar surface area (TPSA) is 206 Å². The van der Waals surface area contributed by atoms with Crippen LogP contribution in [0.15, 0.2) is 53.0 Å². The Hall–Kier alpha value is -5.38. The number of aliphatic hydroxyl groups excluding tert-OH is 2. The SMILES string of the molecule is CCCCC(=O)OCC(=O)[C@]1(O)CC2=C(O)C3C(=O)c4cccc(OC)c4C(=O)C3C(O)=C2[C@@H](Oc2cc(C)c(O)c(NC(=O)C(F)(F)F)c2)C1. The highest BCUT2D eigenvalue weighted by molar-refractivity contribution is 6.19. The lowest BCUT2D eigenvalue weighted by atomic mass is 9.63. The number of hydrogen-bond donors (Lipinski definition) is 5. The van der Waals surface area contributed by atoms with E-state index in [0.717, 1.165) is 12.1 Å². The molecule has 16 heteroatoms. The lowest BCUT2D eigenvalue weighted by Gasteiger charge is -2.44. The number of esters is 1. The molecule has 0 spiro atoms. The number of alkyl halides is 3. The van der Waals surface area contributed by atoms with E-state index in [0.29, 0.717) is 12.8 Å². The molecule has 5 N–H and O–H groups in total. The molecule has 272 valence electrons. The first-order valence-corrected chi connectivity index (χ1v) is 15.8. The van der Waals surface area contributed by atoms with Crippen LogP contribution in [0.3, 0.4) is 0 Å². The van der Waals surface area contributed by atoms with Gasteiger partial charge in [0.05, 0.1) is 30.2 Å². The fraction of sp³-hybridized carbons (Fsp3) is 0.400. The lowest BCUT2D eigenvalue weighted by Crippen LogP contribution is -2.52. The number of ether oxygens (including phenoxy) is 3. The maximum Gasteiger partial charge on any atom is 0.471 e. The second-order valence-electron chi connectivity index (χ2n) is 12.5. The highest BCUT2D eigenvalue weighted by Gasteiger charge is 2.56. The van der Waals surface area contributed by atoms with E-state index < -0.39 is 101 Å². The number of phenolic OH excluding ortho intramolecular Hbond substituents is 1. The number of anilines is 1. The van der Waals surface area contributed by atoms with Crippen molar-refractivity contribution in [1.29, 1.82) is 0 Å². The Labute approximate surface area is 288 Å². The number of nitrogens with one attached hydrogen (secondary N) is 1. The number of Topliss-reactive ketones (excluding diaryl/α,β-unsaturated/α-hetero) is 3. The van der Waals surface area contributed by atoms with Crippen LogP contribution in [0.1, 0.15) is 65.3 Å². The number of halogens is 3. The van der Waals surface area contributed by atoms with Crippen LogP contribution in [-0.4, -0.2) is 81.3 Å². The van der Waals surface area contributed by atoms with Crippen LogP contribution < -0.4 is 14.8 Å². The third kappa shape index (κ3) is 6.74. The maximum atomic E-state index is 13.9. The summed E-state index contributed by atoms with van der Waals surface area (Å²) < 4.78 is 55.5. The first-order chi connectivity index (χ1) is 23.9. The van der Waals surface area contributed by atoms with Crippen molar-refractivity contribution in [2.45, 2.75) is 63.8 Å². The van der Waals surface area contributed by atoms with Crippen LogP contribution in [-0.2, 0) is 19.1 Å². The van der Waals surface area contributed by atoms with E-state index in [2.05, 4.69) is 0 Å². The molecule has 3 aliphatic rings. The number of aromatic hydroxyl groups is 1. The number of hydrogen-bond acceptors (Lipinski definition) is 12. The molecule has 4 atom stereocenters. The predicted molar refractivity (Wildman–Crippen MR) is 170 cm³/mol. The molecule has 2 aromatic rings. The summed E-state index contributed by atoms with van der Waals surface area (Å²) in [4.78, 5) is 65.0. The number of allylic oxidation sites excluding steroid dienone is 2. The minimum absolute atomic E-state index is 0.000470. The number of aliphatic hydroxyl groups is 3. The molecule has 0 aliphatic heterocycles. The molecule has 0 heterocycles. The van der Waals surface area contributed by atoms with Gasteiger partial charge in [-0.25, -0.2) is 0 Å². The molecule has 51 heavy (non-hydrogen) atoms. The van der Waals surface area contributed by atoms with Crippen LogP contribution >= 0.6 is 0 Å². The van der Waals surface area contributed by atoms with Crippen molar-refractivity contribution in [3.63, 3.8) is 0 Å². The van der Waals surface area contributed by atoms with Crippen LogP contribution in [0.4, 0.5) is 18.9 Å². The Morgan fingerprint density at radius 2 is 1.73 bits per heavy atom. The molecular formula is C35H34F3NO12. The van der Waals surface area contributed by atoms with E-state index in [1.807, 2.05) is 6.92 Å². The zero-order valence-electron chi connectivity index (χ0n) is 27.6. The number of ketones is 3. The number of amides is 1. The van der Waals surface area contributed by atoms with Gasteiger partial charge in [-0.2, -0.15) is 13.2 Å². The molecular weight excluding hydrogens is 683 g/mol. The number of carbonyl (C=O) groups is 5. The maximum absolute atomic E-state index is 13.9. The van der Waals surface area contributed by atoms with Crippen molar-refractivity contribution in [3.05, 3.63) is 69.7 Å². The third-order valence-corrected chi connectivity index (χ3v) is 9.15. The summed E-state index contributed by atoms with van der Waals surface area (Å²) in [5.41, 5.74) is -4.15. The number of rotatable bonds is 10. The van der Waals surface area contributed by atoms with Crippen molar-refractivity contribution in [2.75, 3.05) is 19.0 Å². The molecule has 3 aliphatic carbocycles. The first kappa shape index (κ1) is 36.9. The monoisotopic (exact) mass is 717 g/mol. The van der Waals surface area contributed by atoms with Gasteiger partial charge in [-0.05, 0) is 31.0 Å². The van der Waals surface area contributed by atoms with Crippen molar-refractivity contribution in [3.8, 4) is 17.2 Å². The summed E-state index contributed by atoms with van der Waals surface area (Å²) in [5, 5.41) is 47.1. The largest absolute Gasteiger partial charge is 0.511 e. The molecule has 0 saturated heterocycles. The molecule has 13 nitrogen and oxygen atoms in total. The molecule has 1 amide bonds. The van der Waals surface area contributed by atoms with E-state index in [-0.39, 0.29) is 45.8 Å². The normalized spacial score (nSPS) is 22.8. The average Bonchev–Trinajstić information content (AvgIpc) is 3.07. The van der Waals surface area contributed by atoms with Crippen LogP contribution in [0.25, 0.3) is 0 Å². The Kier molecular flexibility index (Phi) is 9.93. The highest BCUT2D eigenvalue weighted by Crippen LogP contribution is 2.52. The molecule has 1 fully saturated rings. The molecule has 0 bridgehead atoms. The Morgan fingerprint density at radius 3 is 2.37 bits per heavy atom. The summed E-state index contributed by atoms with van der Waals surface area (Å²) in [7, 11) is 1.27. The van der Waals surface area contributed by atoms with Crippen LogP contribution in [0, 0.1) is 18.8 Å². The van der Waals surface area contributed by atoms with Crippen molar-refractivity contribution in [1.82, 2.24) is 0 Å². The summed E-state index contributed by atoms with van der Waals surface area (Å²) in [6.07, 6.45) is -7.27. The van der Waals surface area contributed by atoms with Crippen molar-refractivity contribution in [2.24, 2.45) is 11.8 Å². The molecule has 2 aromatic carbocycles. The number of carbonyl (C=O) groups excluding carboxylic acids is 5. The van der Waals surface area contributed by atoms with E-state index >= 15 is 0 Å². The van der Waals surface area contributed by atoms with E-state index in [4.69, 9.17) is 14.2 Å². The zero-order chi connectivity index (χ0) is 37.6. The Morgan fingerprint density at radius 1 is 1.04 bits per heavy atom. The highest BCUT2D eigenvalue weighted by atomic mass is 19.4. The third-order valence-electron chi connectivity index (χ3n) is 9.15. The second-order valence-corrected chi connectivity index (χ2v) is 12.5. The number of benzene rings is 2. The smallest absolute Gasteiger partial charge is 0.471 e. The van der Waals surface area contributed by atoms with Crippen LogP contribution in [0.2, 0.25) is 0 Å². The number of aryl methyl sites for hydroxylation is 1. The van der Waals surface area contributed by atoms with Gasteiger partial charge >= 0.3 is 18.1 Å². The number of unbranched alkanes of at least 4 members (excludes halogenated alkanes) is 1. The van der Waals surface area contributed by atoms with Gasteiger partial charge in [-0.15, -0.1) is 0 Å². The fourth-order valence-electron chi connectivity index (χ4n) is 6.57. The summed E-state index contributed by atoms with van der Waals surface area (Å²) in [6.45, 7) is 2.21. The van der Waals surface area contributed by atoms with Gasteiger partial charge in [-0.3, -0.25) is 24.0 Å². The number of phenols is 1. The second kappa shape index (κ2) is 13.7. The minimum Gasteiger partial charge on any atom is -0.511 e. The Balaban J connectivity index is 1.61. The van der Waals surface area contributed by atoms with Crippen LogP contribution in [0.5, 0.6) is 17.2 Å². The standard InChI is InChI=1S/C35H34F3NO12/c1-4-5-9-23(41)50-14-22(40)34(48)12-18-25(21(13-34)51-16-10-15(2)28(42)19(11-16)39-33(47)35(36,37)38)32(46)27-26(30(18)44)29(43)17-7-6-8-20(49-3)24(17)31(27)45/h6-8,10-11,21,26-27,42,44,46,48H,4-5,9,12-14H2,1-3H3,(H,39,47)/t21-,26?,27?,34-/m0/s1. The van der Waals surface area contributed by atoms with Gasteiger partial charge in [0.1, 0.15) is 40.5 Å². The Bertz CT molecular complexity index is 1900. The van der Waals surface area contributed by atoms with E-state index in [9.17, 15) is 57.6 Å². The van der Waals surface area contributed by atoms with E-state index in [1.54, 1.807) is 0 Å². The van der Waals surface area contributed by atoms with Crippen molar-refractivity contribution < 1.29 is 71.8 Å². The van der Waals surface area contributed by atoms with Gasteiger partial charge in [-0.1, -0.05) is 25.5 Å². The quantitative estimate of drug-likeness (QED) is 0.167. The van der Waals surface area contributed by atoms with Gasteiger partial charge in [0, 0.05) is 42.0 Å². The minimum atomic E-state index is -5.32. The lowest BCUT2D eigenvalue weighted by molar-refractivity contribution is -0.167. The van der Waals surface area contributed by atoms with Gasteiger partial charge in [0.25, 0.3) is 0 Å². The summed E-state index contributed by atoms with van der Waals surface area (Å²) in [6, 6.07) is 6.18. The number of methoxy groups -OCH3 is 1. The molecule has 1 saturated carbocycles. The summed E-state index contributed by atoms with van der Waals surface area (Å²) in [5.74, 6) is -11.7. The van der Waals surface area contributed by atoms with E-state index in [1.165, 1.54) is 37.5 Å². The zero-order valence-corrected chi connectivity index (χ0v) is 27.6. The molecule has 2 unspecified atom stereocenters. The molecule has 5 rings (SSSR count). The molecule has 0 radical (unpaired) electrons. The summed E-state index contributed by atoms with van der Waals surface area (Å²) >= 11 is 0. The fourth-order valence-corrected chi connectivity index (χ4v) is 6.57.